The molecule has 0 saturated carbocycles. The number of carbonyl (C=O) groups is 1. The molecule has 1 amide bonds. The molecule has 1 aliphatic heterocycles. The van der Waals surface area contributed by atoms with E-state index in [1.165, 1.54) is 0 Å². The van der Waals surface area contributed by atoms with Crippen molar-refractivity contribution in [3.05, 3.63) is 0 Å². The normalized spacial score (nSPS) is 23.5. The Labute approximate surface area is 96.7 Å². The van der Waals surface area contributed by atoms with Crippen molar-refractivity contribution in [1.82, 2.24) is 4.90 Å². The van der Waals surface area contributed by atoms with Crippen LogP contribution in [0.15, 0.2) is 0 Å². The summed E-state index contributed by atoms with van der Waals surface area (Å²) in [6.07, 6.45) is 3.65. The van der Waals surface area contributed by atoms with Gasteiger partial charge in [-0.1, -0.05) is 0 Å². The second-order valence-electron chi connectivity index (χ2n) is 4.18. The molecular weight excluding hydrogens is 214 g/mol. The number of hydrogen-bond acceptors (Lipinski definition) is 2. The maximum absolute atomic E-state index is 11.9. The maximum Gasteiger partial charge on any atom is 0.251 e. The molecule has 2 unspecified atom stereocenters. The van der Waals surface area contributed by atoms with Crippen molar-refractivity contribution in [2.24, 2.45) is 0 Å². The predicted molar refractivity (Wildman–Crippen MR) is 61.2 cm³/mol. The van der Waals surface area contributed by atoms with Crippen LogP contribution < -0.4 is 0 Å². The van der Waals surface area contributed by atoms with Gasteiger partial charge in [0.05, 0.1) is 0 Å². The summed E-state index contributed by atoms with van der Waals surface area (Å²) >= 11 is 5.84. The molecule has 15 heavy (non-hydrogen) atoms. The first kappa shape index (κ1) is 12.8. The summed E-state index contributed by atoms with van der Waals surface area (Å²) in [4.78, 5) is 13.6. The van der Waals surface area contributed by atoms with E-state index < -0.39 is 0 Å². The van der Waals surface area contributed by atoms with Crippen LogP contribution in [0.1, 0.15) is 32.6 Å². The molecule has 1 heterocycles. The molecule has 0 spiro atoms. The molecule has 0 bridgehead atoms. The number of halogens is 1. The second kappa shape index (κ2) is 6.33. The van der Waals surface area contributed by atoms with Crippen LogP contribution in [0.4, 0.5) is 0 Å². The number of hydrogen-bond donors (Lipinski definition) is 0. The van der Waals surface area contributed by atoms with Crippen LogP contribution in [0.3, 0.4) is 0 Å². The van der Waals surface area contributed by atoms with Gasteiger partial charge in [-0.15, -0.1) is 11.6 Å². The Hall–Kier alpha value is -0.280. The Morgan fingerprint density at radius 1 is 1.60 bits per heavy atom. The summed E-state index contributed by atoms with van der Waals surface area (Å²) in [6.45, 7) is 3.37. The number of ether oxygens (including phenoxy) is 1. The molecule has 0 aromatic rings. The fraction of sp³-hybridized carbons (Fsp3) is 0.909. The lowest BCUT2D eigenvalue weighted by Crippen LogP contribution is -2.40. The topological polar surface area (TPSA) is 29.5 Å². The smallest absolute Gasteiger partial charge is 0.251 e. The first-order valence-corrected chi connectivity index (χ1v) is 6.05. The van der Waals surface area contributed by atoms with Crippen molar-refractivity contribution < 1.29 is 9.53 Å². The highest BCUT2D eigenvalue weighted by atomic mass is 35.5. The van der Waals surface area contributed by atoms with E-state index in [1.807, 2.05) is 14.0 Å². The number of nitrogens with zero attached hydrogens (tertiary/aromatic N) is 1. The molecule has 0 N–H and O–H groups in total. The van der Waals surface area contributed by atoms with Gasteiger partial charge in [-0.2, -0.15) is 0 Å². The van der Waals surface area contributed by atoms with E-state index in [0.29, 0.717) is 6.54 Å². The zero-order valence-corrected chi connectivity index (χ0v) is 10.3. The monoisotopic (exact) mass is 233 g/mol. The van der Waals surface area contributed by atoms with Crippen LogP contribution in [0.25, 0.3) is 0 Å². The Morgan fingerprint density at radius 3 is 2.87 bits per heavy atom. The Morgan fingerprint density at radius 2 is 2.33 bits per heavy atom. The second-order valence-corrected chi connectivity index (χ2v) is 4.93. The van der Waals surface area contributed by atoms with Crippen molar-refractivity contribution in [2.45, 2.75) is 44.1 Å². The third kappa shape index (κ3) is 4.39. The van der Waals surface area contributed by atoms with Gasteiger partial charge in [-0.3, -0.25) is 4.79 Å². The van der Waals surface area contributed by atoms with Gasteiger partial charge >= 0.3 is 0 Å². The van der Waals surface area contributed by atoms with Gasteiger partial charge in [0.15, 0.2) is 0 Å². The van der Waals surface area contributed by atoms with E-state index in [2.05, 4.69) is 0 Å². The molecule has 88 valence electrons. The average Bonchev–Trinajstić information content (AvgIpc) is 2.26. The summed E-state index contributed by atoms with van der Waals surface area (Å²) in [7, 11) is 1.82. The SMILES string of the molecule is CC(Cl)CCN(C)C(=O)C1CCCCO1. The summed E-state index contributed by atoms with van der Waals surface area (Å²) in [6, 6.07) is 0. The third-order valence-corrected chi connectivity index (χ3v) is 2.91. The first-order chi connectivity index (χ1) is 7.11. The van der Waals surface area contributed by atoms with Crippen LogP contribution in [-0.2, 0) is 9.53 Å². The molecule has 2 atom stereocenters. The summed E-state index contributed by atoms with van der Waals surface area (Å²) < 4.78 is 5.44. The fourth-order valence-electron chi connectivity index (χ4n) is 1.66. The lowest BCUT2D eigenvalue weighted by molar-refractivity contribution is -0.145. The molecule has 0 aromatic carbocycles. The van der Waals surface area contributed by atoms with Crippen molar-refractivity contribution in [1.29, 1.82) is 0 Å². The van der Waals surface area contributed by atoms with E-state index in [4.69, 9.17) is 16.3 Å². The molecule has 4 heteroatoms. The molecule has 0 aromatic heterocycles. The predicted octanol–water partition coefficient (Wildman–Crippen LogP) is 2.03. The lowest BCUT2D eigenvalue weighted by Gasteiger charge is -2.26. The van der Waals surface area contributed by atoms with E-state index in [9.17, 15) is 4.79 Å². The quantitative estimate of drug-likeness (QED) is 0.696. The minimum Gasteiger partial charge on any atom is -0.368 e. The van der Waals surface area contributed by atoms with Gasteiger partial charge in [-0.25, -0.2) is 0 Å². The molecule has 0 radical (unpaired) electrons. The zero-order chi connectivity index (χ0) is 11.3. The molecule has 3 nitrogen and oxygen atoms in total. The highest BCUT2D eigenvalue weighted by molar-refractivity contribution is 6.20. The zero-order valence-electron chi connectivity index (χ0n) is 9.54. The van der Waals surface area contributed by atoms with Crippen molar-refractivity contribution in [3.8, 4) is 0 Å². The third-order valence-electron chi connectivity index (χ3n) is 2.69. The average molecular weight is 234 g/mol. The van der Waals surface area contributed by atoms with Crippen LogP contribution >= 0.6 is 11.6 Å². The van der Waals surface area contributed by atoms with E-state index >= 15 is 0 Å². The van der Waals surface area contributed by atoms with Crippen molar-refractivity contribution in [2.75, 3.05) is 20.2 Å². The standard InChI is InChI=1S/C11H20ClNO2/c1-9(12)6-7-13(2)11(14)10-5-3-4-8-15-10/h9-10H,3-8H2,1-2H3. The highest BCUT2D eigenvalue weighted by Crippen LogP contribution is 2.15. The van der Waals surface area contributed by atoms with Gasteiger partial charge in [0.2, 0.25) is 0 Å². The molecule has 1 fully saturated rings. The minimum absolute atomic E-state index is 0.104. The fourth-order valence-corrected chi connectivity index (χ4v) is 1.76. The Kier molecular flexibility index (Phi) is 5.40. The Bertz CT molecular complexity index is 203. The van der Waals surface area contributed by atoms with Gasteiger partial charge in [-0.05, 0) is 32.6 Å². The summed E-state index contributed by atoms with van der Waals surface area (Å²) in [5.41, 5.74) is 0. The van der Waals surface area contributed by atoms with Crippen molar-refractivity contribution in [3.63, 3.8) is 0 Å². The van der Waals surface area contributed by atoms with Crippen LogP contribution in [0.5, 0.6) is 0 Å². The number of carbonyl (C=O) groups excluding carboxylic acids is 1. The van der Waals surface area contributed by atoms with Gasteiger partial charge in [0.25, 0.3) is 5.91 Å². The number of rotatable bonds is 4. The first-order valence-electron chi connectivity index (χ1n) is 5.62. The van der Waals surface area contributed by atoms with Crippen LogP contribution in [-0.4, -0.2) is 42.5 Å². The van der Waals surface area contributed by atoms with Crippen LogP contribution in [0, 0.1) is 0 Å². The highest BCUT2D eigenvalue weighted by Gasteiger charge is 2.24. The number of amides is 1. The minimum atomic E-state index is -0.214. The van der Waals surface area contributed by atoms with E-state index in [-0.39, 0.29) is 17.4 Å². The largest absolute Gasteiger partial charge is 0.368 e. The van der Waals surface area contributed by atoms with E-state index in [1.54, 1.807) is 4.90 Å². The van der Waals surface area contributed by atoms with Crippen LogP contribution in [0.2, 0.25) is 0 Å². The van der Waals surface area contributed by atoms with Crippen molar-refractivity contribution >= 4 is 17.5 Å². The van der Waals surface area contributed by atoms with Gasteiger partial charge in [0.1, 0.15) is 6.10 Å². The number of alkyl halides is 1. The molecule has 0 aliphatic carbocycles. The maximum atomic E-state index is 11.9. The molecule has 1 saturated heterocycles. The van der Waals surface area contributed by atoms with E-state index in [0.717, 1.165) is 32.3 Å². The van der Waals surface area contributed by atoms with Gasteiger partial charge in [0, 0.05) is 25.6 Å². The summed E-state index contributed by atoms with van der Waals surface area (Å²) in [5.74, 6) is 0.104. The summed E-state index contributed by atoms with van der Waals surface area (Å²) in [5, 5.41) is 0.118. The number of likely N-dealkylation sites (N-methyl/N-ethyl adjacent to an activating group) is 1. The molecular formula is C11H20ClNO2. The van der Waals surface area contributed by atoms with Gasteiger partial charge < -0.3 is 9.64 Å². The lowest BCUT2D eigenvalue weighted by atomic mass is 10.1. The Balaban J connectivity index is 2.30. The molecule has 1 aliphatic rings. The molecule has 1 rings (SSSR count).